The number of aromatic nitrogens is 2. The number of likely N-dealkylation sites (N-methyl/N-ethyl adjacent to an activating group) is 1. The van der Waals surface area contributed by atoms with Crippen LogP contribution in [0.2, 0.25) is 0 Å². The van der Waals surface area contributed by atoms with E-state index in [0.29, 0.717) is 30.5 Å². The fourth-order valence-electron chi connectivity index (χ4n) is 3.58. The average Bonchev–Trinajstić information content (AvgIpc) is 3.41. The van der Waals surface area contributed by atoms with Crippen LogP contribution in [-0.2, 0) is 17.8 Å². The van der Waals surface area contributed by atoms with E-state index >= 15 is 0 Å². The zero-order valence-corrected chi connectivity index (χ0v) is 18.0. The highest BCUT2D eigenvalue weighted by Crippen LogP contribution is 2.22. The number of nitrogens with zero attached hydrogens (tertiary/aromatic N) is 5. The molecule has 9 nitrogen and oxygen atoms in total. The minimum absolute atomic E-state index is 0.0995. The van der Waals surface area contributed by atoms with E-state index in [4.69, 9.17) is 0 Å². The molecule has 3 amide bonds. The molecule has 0 radical (unpaired) electrons. The standard InChI is InChI=1S/C20H27N7O2S/c1-2-25-7-9-26(10-8-25)17-4-3-15(12-22-17)13-23-18(28)11-16-14-30-20(24-16)27-6-5-21-19(27)29/h3-4,12,14H,2,5-11,13H2,1H3,(H,21,29)(H,23,28). The number of pyridine rings is 1. The molecule has 2 aromatic heterocycles. The first-order valence-electron chi connectivity index (χ1n) is 10.3. The van der Waals surface area contributed by atoms with Crippen molar-refractivity contribution in [3.8, 4) is 0 Å². The molecule has 0 bridgehead atoms. The SMILES string of the molecule is CCN1CCN(c2ccc(CNC(=O)Cc3csc(N4CCNC4=O)n3)cn2)CC1. The van der Waals surface area contributed by atoms with Gasteiger partial charge in [0.25, 0.3) is 0 Å². The summed E-state index contributed by atoms with van der Waals surface area (Å²) >= 11 is 1.38. The maximum atomic E-state index is 12.3. The van der Waals surface area contributed by atoms with Crippen molar-refractivity contribution in [2.45, 2.75) is 19.9 Å². The van der Waals surface area contributed by atoms with E-state index in [0.717, 1.165) is 44.1 Å². The first-order valence-corrected chi connectivity index (χ1v) is 11.2. The van der Waals surface area contributed by atoms with Gasteiger partial charge in [0.05, 0.1) is 12.1 Å². The van der Waals surface area contributed by atoms with E-state index in [1.165, 1.54) is 11.3 Å². The Labute approximate surface area is 180 Å². The zero-order chi connectivity index (χ0) is 20.9. The topological polar surface area (TPSA) is 93.7 Å². The number of piperazine rings is 1. The highest BCUT2D eigenvalue weighted by Gasteiger charge is 2.24. The Morgan fingerprint density at radius 1 is 1.23 bits per heavy atom. The predicted molar refractivity (Wildman–Crippen MR) is 117 cm³/mol. The summed E-state index contributed by atoms with van der Waals surface area (Å²) in [6.45, 7) is 9.06. The molecule has 2 saturated heterocycles. The van der Waals surface area contributed by atoms with Crippen LogP contribution in [0, 0.1) is 0 Å². The predicted octanol–water partition coefficient (Wildman–Crippen LogP) is 1.07. The molecule has 4 rings (SSSR count). The van der Waals surface area contributed by atoms with Gasteiger partial charge in [-0.2, -0.15) is 0 Å². The second-order valence-corrected chi connectivity index (χ2v) is 8.24. The summed E-state index contributed by atoms with van der Waals surface area (Å²) in [7, 11) is 0. The van der Waals surface area contributed by atoms with E-state index in [2.05, 4.69) is 37.3 Å². The van der Waals surface area contributed by atoms with Crippen LogP contribution in [0.15, 0.2) is 23.7 Å². The molecule has 2 fully saturated rings. The third-order valence-electron chi connectivity index (χ3n) is 5.41. The van der Waals surface area contributed by atoms with Crippen LogP contribution in [-0.4, -0.2) is 72.6 Å². The van der Waals surface area contributed by atoms with Crippen molar-refractivity contribution in [2.75, 3.05) is 55.6 Å². The molecule has 0 unspecified atom stereocenters. The molecule has 2 aliphatic heterocycles. The van der Waals surface area contributed by atoms with Crippen molar-refractivity contribution in [3.63, 3.8) is 0 Å². The number of thiazole rings is 1. The van der Waals surface area contributed by atoms with Crippen LogP contribution < -0.4 is 20.4 Å². The lowest BCUT2D eigenvalue weighted by molar-refractivity contribution is -0.120. The third-order valence-corrected chi connectivity index (χ3v) is 6.32. The zero-order valence-electron chi connectivity index (χ0n) is 17.1. The Balaban J connectivity index is 1.24. The average molecular weight is 430 g/mol. The summed E-state index contributed by atoms with van der Waals surface area (Å²) in [4.78, 5) is 39.3. The monoisotopic (exact) mass is 429 g/mol. The third kappa shape index (κ3) is 4.88. The molecule has 0 aromatic carbocycles. The summed E-state index contributed by atoms with van der Waals surface area (Å²) in [5, 5.41) is 8.13. The van der Waals surface area contributed by atoms with Crippen LogP contribution >= 0.6 is 11.3 Å². The van der Waals surface area contributed by atoms with Gasteiger partial charge in [0.1, 0.15) is 5.82 Å². The van der Waals surface area contributed by atoms with E-state index in [-0.39, 0.29) is 18.4 Å². The van der Waals surface area contributed by atoms with Crippen molar-refractivity contribution in [3.05, 3.63) is 35.0 Å². The largest absolute Gasteiger partial charge is 0.354 e. The van der Waals surface area contributed by atoms with Gasteiger partial charge in [0, 0.05) is 57.4 Å². The van der Waals surface area contributed by atoms with Crippen LogP contribution in [0.3, 0.4) is 0 Å². The molecule has 160 valence electrons. The normalized spacial score (nSPS) is 17.3. The van der Waals surface area contributed by atoms with Gasteiger partial charge in [-0.3, -0.25) is 9.69 Å². The fraction of sp³-hybridized carbons (Fsp3) is 0.500. The van der Waals surface area contributed by atoms with Gasteiger partial charge in [0.15, 0.2) is 5.13 Å². The summed E-state index contributed by atoms with van der Waals surface area (Å²) in [6, 6.07) is 3.90. The molecule has 0 saturated carbocycles. The first kappa shape index (κ1) is 20.5. The van der Waals surface area contributed by atoms with Crippen molar-refractivity contribution < 1.29 is 9.59 Å². The molecular weight excluding hydrogens is 402 g/mol. The van der Waals surface area contributed by atoms with E-state index in [1.807, 2.05) is 23.7 Å². The smallest absolute Gasteiger partial charge is 0.323 e. The number of carbonyl (C=O) groups is 2. The fourth-order valence-corrected chi connectivity index (χ4v) is 4.43. The van der Waals surface area contributed by atoms with E-state index < -0.39 is 0 Å². The molecule has 0 aliphatic carbocycles. The Morgan fingerprint density at radius 3 is 2.73 bits per heavy atom. The van der Waals surface area contributed by atoms with Crippen LogP contribution in [0.4, 0.5) is 15.7 Å². The molecule has 2 aromatic rings. The molecule has 0 atom stereocenters. The summed E-state index contributed by atoms with van der Waals surface area (Å²) in [5.74, 6) is 0.888. The minimum atomic E-state index is -0.136. The number of nitrogens with one attached hydrogen (secondary N) is 2. The summed E-state index contributed by atoms with van der Waals surface area (Å²) < 4.78 is 0. The maximum Gasteiger partial charge on any atom is 0.323 e. The molecule has 30 heavy (non-hydrogen) atoms. The number of anilines is 2. The lowest BCUT2D eigenvalue weighted by Gasteiger charge is -2.34. The second kappa shape index (κ2) is 9.40. The quantitative estimate of drug-likeness (QED) is 0.684. The lowest BCUT2D eigenvalue weighted by atomic mass is 10.2. The number of amides is 3. The molecule has 0 spiro atoms. The van der Waals surface area contributed by atoms with Gasteiger partial charge in [-0.25, -0.2) is 14.8 Å². The second-order valence-electron chi connectivity index (χ2n) is 7.40. The molecule has 2 aliphatic rings. The number of carbonyl (C=O) groups excluding carboxylic acids is 2. The summed E-state index contributed by atoms with van der Waals surface area (Å²) in [5.41, 5.74) is 1.64. The van der Waals surface area contributed by atoms with Crippen LogP contribution in [0.25, 0.3) is 0 Å². The highest BCUT2D eigenvalue weighted by atomic mass is 32.1. The van der Waals surface area contributed by atoms with Crippen LogP contribution in [0.1, 0.15) is 18.2 Å². The highest BCUT2D eigenvalue weighted by molar-refractivity contribution is 7.14. The number of hydrogen-bond acceptors (Lipinski definition) is 7. The van der Waals surface area contributed by atoms with E-state index in [1.54, 1.807) is 4.90 Å². The van der Waals surface area contributed by atoms with Gasteiger partial charge < -0.3 is 20.4 Å². The minimum Gasteiger partial charge on any atom is -0.354 e. The molecular formula is C20H27N7O2S. The first-order chi connectivity index (χ1) is 14.6. The van der Waals surface area contributed by atoms with Gasteiger partial charge >= 0.3 is 6.03 Å². The number of hydrogen-bond donors (Lipinski definition) is 2. The van der Waals surface area contributed by atoms with E-state index in [9.17, 15) is 9.59 Å². The molecule has 2 N–H and O–H groups in total. The maximum absolute atomic E-state index is 12.3. The summed E-state index contributed by atoms with van der Waals surface area (Å²) in [6.07, 6.45) is 2.02. The Bertz CT molecular complexity index is 878. The number of urea groups is 1. The van der Waals surface area contributed by atoms with Crippen molar-refractivity contribution in [2.24, 2.45) is 0 Å². The van der Waals surface area contributed by atoms with Crippen LogP contribution in [0.5, 0.6) is 0 Å². The van der Waals surface area contributed by atoms with Crippen molar-refractivity contribution in [1.82, 2.24) is 25.5 Å². The Morgan fingerprint density at radius 2 is 2.07 bits per heavy atom. The van der Waals surface area contributed by atoms with Gasteiger partial charge in [-0.15, -0.1) is 11.3 Å². The number of rotatable bonds is 7. The Kier molecular flexibility index (Phi) is 6.44. The van der Waals surface area contributed by atoms with Gasteiger partial charge in [-0.05, 0) is 18.2 Å². The molecule has 4 heterocycles. The molecule has 10 heteroatoms. The van der Waals surface area contributed by atoms with Gasteiger partial charge in [-0.1, -0.05) is 13.0 Å². The van der Waals surface area contributed by atoms with Crippen molar-refractivity contribution >= 4 is 34.2 Å². The Hall–Kier alpha value is -2.72. The lowest BCUT2D eigenvalue weighted by Crippen LogP contribution is -2.46. The van der Waals surface area contributed by atoms with Crippen molar-refractivity contribution in [1.29, 1.82) is 0 Å². The van der Waals surface area contributed by atoms with Gasteiger partial charge in [0.2, 0.25) is 5.91 Å².